The van der Waals surface area contributed by atoms with Crippen molar-refractivity contribution in [3.63, 3.8) is 0 Å². The van der Waals surface area contributed by atoms with Crippen LogP contribution in [0.15, 0.2) is 48.8 Å². The molecule has 0 N–H and O–H groups in total. The molecule has 3 rings (SSSR count). The van der Waals surface area contributed by atoms with Gasteiger partial charge in [-0.05, 0) is 47.2 Å². The van der Waals surface area contributed by atoms with E-state index in [1.54, 1.807) is 25.1 Å². The number of nitrogens with zero attached hydrogens (tertiary/aromatic N) is 5. The summed E-state index contributed by atoms with van der Waals surface area (Å²) in [5.41, 5.74) is 2.31. The highest BCUT2D eigenvalue weighted by molar-refractivity contribution is 5.44. The second kappa shape index (κ2) is 6.22. The van der Waals surface area contributed by atoms with Crippen molar-refractivity contribution in [2.75, 3.05) is 0 Å². The van der Waals surface area contributed by atoms with Crippen LogP contribution in [0.5, 0.6) is 5.75 Å². The van der Waals surface area contributed by atoms with Crippen molar-refractivity contribution >= 4 is 5.69 Å². The molecule has 0 aliphatic heterocycles. The first kappa shape index (κ1) is 14.6. The summed E-state index contributed by atoms with van der Waals surface area (Å²) in [4.78, 5) is 10.6. The number of rotatable bonds is 5. The molecular formula is C15H13N5O3. The molecule has 23 heavy (non-hydrogen) atoms. The number of benzene rings is 2. The van der Waals surface area contributed by atoms with E-state index in [2.05, 4.69) is 15.5 Å². The Hall–Kier alpha value is -3.29. The second-order valence-corrected chi connectivity index (χ2v) is 4.86. The lowest BCUT2D eigenvalue weighted by molar-refractivity contribution is -0.385. The molecule has 0 saturated carbocycles. The van der Waals surface area contributed by atoms with Crippen LogP contribution in [0.1, 0.15) is 11.1 Å². The van der Waals surface area contributed by atoms with Crippen molar-refractivity contribution in [3.05, 3.63) is 70.0 Å². The first-order valence-electron chi connectivity index (χ1n) is 6.84. The number of nitro benzene ring substituents is 1. The molecule has 116 valence electrons. The van der Waals surface area contributed by atoms with Gasteiger partial charge in [0.05, 0.1) is 10.6 Å². The monoisotopic (exact) mass is 311 g/mol. The van der Waals surface area contributed by atoms with E-state index in [9.17, 15) is 10.1 Å². The zero-order chi connectivity index (χ0) is 16.2. The fraction of sp³-hybridized carbons (Fsp3) is 0.133. The van der Waals surface area contributed by atoms with Crippen LogP contribution in [-0.2, 0) is 6.61 Å². The van der Waals surface area contributed by atoms with Gasteiger partial charge < -0.3 is 4.74 Å². The van der Waals surface area contributed by atoms with Gasteiger partial charge in [0.1, 0.15) is 18.7 Å². The Labute approximate surface area is 131 Å². The maximum atomic E-state index is 10.9. The number of nitro groups is 1. The highest BCUT2D eigenvalue weighted by Crippen LogP contribution is 2.23. The second-order valence-electron chi connectivity index (χ2n) is 4.86. The fourth-order valence-corrected chi connectivity index (χ4v) is 2.16. The van der Waals surface area contributed by atoms with Crippen LogP contribution in [0.4, 0.5) is 5.69 Å². The van der Waals surface area contributed by atoms with Gasteiger partial charge in [-0.3, -0.25) is 10.1 Å². The fourth-order valence-electron chi connectivity index (χ4n) is 2.16. The summed E-state index contributed by atoms with van der Waals surface area (Å²) in [5.74, 6) is 0.660. The van der Waals surface area contributed by atoms with Gasteiger partial charge in [0.15, 0.2) is 0 Å². The quantitative estimate of drug-likeness (QED) is 0.530. The highest BCUT2D eigenvalue weighted by atomic mass is 16.6. The van der Waals surface area contributed by atoms with E-state index in [1.807, 2.05) is 18.2 Å². The van der Waals surface area contributed by atoms with E-state index < -0.39 is 0 Å². The lowest BCUT2D eigenvalue weighted by atomic mass is 10.1. The smallest absolute Gasteiger partial charge is 0.272 e. The minimum Gasteiger partial charge on any atom is -0.489 e. The molecule has 0 spiro atoms. The van der Waals surface area contributed by atoms with Crippen LogP contribution in [0.3, 0.4) is 0 Å². The van der Waals surface area contributed by atoms with Gasteiger partial charge in [-0.2, -0.15) is 0 Å². The number of hydrogen-bond donors (Lipinski definition) is 0. The van der Waals surface area contributed by atoms with Gasteiger partial charge in [0.2, 0.25) is 0 Å². The Bertz CT molecular complexity index is 816. The Morgan fingerprint density at radius 3 is 2.65 bits per heavy atom. The van der Waals surface area contributed by atoms with Crippen molar-refractivity contribution in [2.45, 2.75) is 13.5 Å². The molecule has 0 fully saturated rings. The lowest BCUT2D eigenvalue weighted by Gasteiger charge is -2.09. The molecule has 1 heterocycles. The summed E-state index contributed by atoms with van der Waals surface area (Å²) < 4.78 is 7.23. The zero-order valence-corrected chi connectivity index (χ0v) is 12.3. The Kier molecular flexibility index (Phi) is 3.96. The summed E-state index contributed by atoms with van der Waals surface area (Å²) in [6, 6.07) is 12.2. The SMILES string of the molecule is Cc1c(COc2ccc(-n3cnnn3)cc2)cccc1[N+](=O)[O-]. The van der Waals surface area contributed by atoms with Crippen LogP contribution >= 0.6 is 0 Å². The van der Waals surface area contributed by atoms with E-state index in [-0.39, 0.29) is 17.2 Å². The van der Waals surface area contributed by atoms with Crippen molar-refractivity contribution in [3.8, 4) is 11.4 Å². The summed E-state index contributed by atoms with van der Waals surface area (Å²) in [5, 5.41) is 21.9. The first-order chi connectivity index (χ1) is 11.1. The average Bonchev–Trinajstić information content (AvgIpc) is 3.08. The third-order valence-corrected chi connectivity index (χ3v) is 3.46. The number of aromatic nitrogens is 4. The van der Waals surface area contributed by atoms with Crippen LogP contribution in [0.2, 0.25) is 0 Å². The van der Waals surface area contributed by atoms with Gasteiger partial charge in [-0.1, -0.05) is 12.1 Å². The topological polar surface area (TPSA) is 96.0 Å². The van der Waals surface area contributed by atoms with E-state index >= 15 is 0 Å². The van der Waals surface area contributed by atoms with Gasteiger partial charge in [-0.15, -0.1) is 5.10 Å². The minimum atomic E-state index is -0.389. The van der Waals surface area contributed by atoms with Crippen LogP contribution < -0.4 is 4.74 Å². The van der Waals surface area contributed by atoms with E-state index in [1.165, 1.54) is 17.1 Å². The average molecular weight is 311 g/mol. The van der Waals surface area contributed by atoms with Gasteiger partial charge in [-0.25, -0.2) is 4.68 Å². The first-order valence-corrected chi connectivity index (χ1v) is 6.84. The van der Waals surface area contributed by atoms with Crippen molar-refractivity contribution < 1.29 is 9.66 Å². The molecule has 8 nitrogen and oxygen atoms in total. The molecule has 0 amide bonds. The van der Waals surface area contributed by atoms with Crippen LogP contribution in [-0.4, -0.2) is 25.1 Å². The van der Waals surface area contributed by atoms with Gasteiger partial charge >= 0.3 is 0 Å². The largest absolute Gasteiger partial charge is 0.489 e. The van der Waals surface area contributed by atoms with Crippen molar-refractivity contribution in [1.82, 2.24) is 20.2 Å². The molecule has 0 aliphatic rings. The Morgan fingerprint density at radius 2 is 2.00 bits per heavy atom. The molecular weight excluding hydrogens is 298 g/mol. The minimum absolute atomic E-state index is 0.0973. The summed E-state index contributed by atoms with van der Waals surface area (Å²) >= 11 is 0. The molecule has 3 aromatic rings. The van der Waals surface area contributed by atoms with Crippen LogP contribution in [0, 0.1) is 17.0 Å². The molecule has 0 saturated heterocycles. The number of tetrazole rings is 1. The van der Waals surface area contributed by atoms with Crippen LogP contribution in [0.25, 0.3) is 5.69 Å². The standard InChI is InChI=1S/C15H13N5O3/c1-11-12(3-2-4-15(11)20(21)22)9-23-14-7-5-13(6-8-14)19-10-16-17-18-19/h2-8,10H,9H2,1H3. The molecule has 0 atom stereocenters. The maximum Gasteiger partial charge on any atom is 0.272 e. The van der Waals surface area contributed by atoms with Gasteiger partial charge in [0.25, 0.3) is 5.69 Å². The Balaban J connectivity index is 1.71. The molecule has 1 aromatic heterocycles. The Morgan fingerprint density at radius 1 is 1.22 bits per heavy atom. The van der Waals surface area contributed by atoms with E-state index in [0.717, 1.165) is 11.3 Å². The van der Waals surface area contributed by atoms with E-state index in [4.69, 9.17) is 4.74 Å². The maximum absolute atomic E-state index is 10.9. The predicted molar refractivity (Wildman–Crippen MR) is 81.3 cm³/mol. The third kappa shape index (κ3) is 3.15. The lowest BCUT2D eigenvalue weighted by Crippen LogP contribution is -2.01. The zero-order valence-electron chi connectivity index (χ0n) is 12.3. The summed E-state index contributed by atoms with van der Waals surface area (Å²) in [6.07, 6.45) is 1.50. The predicted octanol–water partition coefficient (Wildman–Crippen LogP) is 2.46. The summed E-state index contributed by atoms with van der Waals surface area (Å²) in [6.45, 7) is 1.98. The summed E-state index contributed by atoms with van der Waals surface area (Å²) in [7, 11) is 0. The third-order valence-electron chi connectivity index (χ3n) is 3.46. The van der Waals surface area contributed by atoms with E-state index in [0.29, 0.717) is 11.3 Å². The molecule has 0 bridgehead atoms. The number of ether oxygens (including phenoxy) is 1. The van der Waals surface area contributed by atoms with Gasteiger partial charge in [0, 0.05) is 11.6 Å². The molecule has 2 aromatic carbocycles. The molecule has 8 heteroatoms. The number of hydrogen-bond acceptors (Lipinski definition) is 6. The normalized spacial score (nSPS) is 10.5. The highest BCUT2D eigenvalue weighted by Gasteiger charge is 2.13. The molecule has 0 unspecified atom stereocenters. The molecule has 0 aliphatic carbocycles. The van der Waals surface area contributed by atoms with Crippen molar-refractivity contribution in [1.29, 1.82) is 0 Å². The molecule has 0 radical (unpaired) electrons. The van der Waals surface area contributed by atoms with Crippen molar-refractivity contribution in [2.24, 2.45) is 0 Å².